The summed E-state index contributed by atoms with van der Waals surface area (Å²) in [5.74, 6) is -2.12. The number of hydrogen-bond donors (Lipinski definition) is 0. The molecule has 6 heteroatoms. The zero-order valence-electron chi connectivity index (χ0n) is 7.28. The predicted octanol–water partition coefficient (Wildman–Crippen LogP) is 2.05. The van der Waals surface area contributed by atoms with Crippen LogP contribution in [0.2, 0.25) is 0 Å². The van der Waals surface area contributed by atoms with E-state index in [1.54, 1.807) is 0 Å². The molecule has 1 aromatic heterocycles. The van der Waals surface area contributed by atoms with Gasteiger partial charge in [-0.05, 0) is 12.1 Å². The highest BCUT2D eigenvalue weighted by molar-refractivity contribution is 6.99. The molecule has 0 atom stereocenters. The summed E-state index contributed by atoms with van der Waals surface area (Å²) in [6.45, 7) is 0. The zero-order chi connectivity index (χ0) is 10.8. The maximum Gasteiger partial charge on any atom is 0.214 e. The normalized spacial score (nSPS) is 10.3. The lowest BCUT2D eigenvalue weighted by Crippen LogP contribution is -2.02. The number of nitrogens with zero attached hydrogens (tertiary/aromatic N) is 2. The topological polar surface area (TPSA) is 42.9 Å². The first-order chi connectivity index (χ1) is 7.16. The van der Waals surface area contributed by atoms with Gasteiger partial charge in [0.25, 0.3) is 0 Å². The number of hydrogen-bond acceptors (Lipinski definition) is 4. The number of benzene rings is 1. The van der Waals surface area contributed by atoms with Crippen molar-refractivity contribution in [1.29, 1.82) is 0 Å². The van der Waals surface area contributed by atoms with Gasteiger partial charge in [0, 0.05) is 11.6 Å². The van der Waals surface area contributed by atoms with Crippen LogP contribution in [0.1, 0.15) is 16.1 Å². The van der Waals surface area contributed by atoms with Crippen molar-refractivity contribution in [1.82, 2.24) is 8.75 Å². The number of aromatic nitrogens is 2. The fourth-order valence-electron chi connectivity index (χ4n) is 1.10. The van der Waals surface area contributed by atoms with Gasteiger partial charge < -0.3 is 0 Å². The van der Waals surface area contributed by atoms with E-state index in [9.17, 15) is 13.6 Å². The number of carbonyl (C=O) groups excluding carboxylic acids is 1. The molecule has 0 amide bonds. The fraction of sp³-hybridized carbons (Fsp3) is 0. The van der Waals surface area contributed by atoms with Crippen LogP contribution in [0.15, 0.2) is 24.4 Å². The van der Waals surface area contributed by atoms with E-state index in [4.69, 9.17) is 0 Å². The molecule has 0 N–H and O–H groups in total. The molecule has 76 valence electrons. The van der Waals surface area contributed by atoms with Crippen molar-refractivity contribution < 1.29 is 13.6 Å². The van der Waals surface area contributed by atoms with E-state index in [2.05, 4.69) is 8.75 Å². The maximum atomic E-state index is 12.8. The van der Waals surface area contributed by atoms with Crippen LogP contribution in [-0.4, -0.2) is 14.5 Å². The van der Waals surface area contributed by atoms with E-state index in [0.717, 1.165) is 23.9 Å². The third-order valence-electron chi connectivity index (χ3n) is 1.72. The standard InChI is InChI=1S/C9H4F2N2OS/c10-6-1-5(2-7(11)3-6)9(14)8-4-12-15-13-8/h1-4H. The van der Waals surface area contributed by atoms with Crippen LogP contribution in [0.4, 0.5) is 8.78 Å². The van der Waals surface area contributed by atoms with Gasteiger partial charge in [-0.1, -0.05) is 0 Å². The van der Waals surface area contributed by atoms with Crippen molar-refractivity contribution in [3.63, 3.8) is 0 Å². The molecule has 2 rings (SSSR count). The summed E-state index contributed by atoms with van der Waals surface area (Å²) in [5.41, 5.74) is 0.0187. The Morgan fingerprint density at radius 2 is 1.87 bits per heavy atom. The third kappa shape index (κ3) is 2.04. The van der Waals surface area contributed by atoms with Crippen LogP contribution in [0.25, 0.3) is 0 Å². The van der Waals surface area contributed by atoms with Crippen LogP contribution >= 0.6 is 11.7 Å². The Morgan fingerprint density at radius 1 is 1.20 bits per heavy atom. The van der Waals surface area contributed by atoms with Gasteiger partial charge in [-0.15, -0.1) is 0 Å². The third-order valence-corrected chi connectivity index (χ3v) is 2.20. The molecule has 0 saturated carbocycles. The Labute approximate surface area is 87.7 Å². The van der Waals surface area contributed by atoms with Crippen molar-refractivity contribution in [3.05, 3.63) is 47.3 Å². The second-order valence-electron chi connectivity index (χ2n) is 2.78. The largest absolute Gasteiger partial charge is 0.287 e. The van der Waals surface area contributed by atoms with Gasteiger partial charge in [0.1, 0.15) is 17.3 Å². The molecule has 3 nitrogen and oxygen atoms in total. The molecule has 1 aromatic carbocycles. The Bertz CT molecular complexity index is 479. The van der Waals surface area contributed by atoms with Gasteiger partial charge in [0.05, 0.1) is 17.9 Å². The summed E-state index contributed by atoms with van der Waals surface area (Å²) in [6.07, 6.45) is 1.26. The summed E-state index contributed by atoms with van der Waals surface area (Å²) < 4.78 is 32.9. The molecular weight excluding hydrogens is 222 g/mol. The first-order valence-corrected chi connectivity index (χ1v) is 4.68. The number of ketones is 1. The lowest BCUT2D eigenvalue weighted by atomic mass is 10.1. The molecule has 0 aliphatic carbocycles. The fourth-order valence-corrected chi connectivity index (χ4v) is 1.51. The molecule has 15 heavy (non-hydrogen) atoms. The minimum Gasteiger partial charge on any atom is -0.287 e. The van der Waals surface area contributed by atoms with Gasteiger partial charge >= 0.3 is 0 Å². The lowest BCUT2D eigenvalue weighted by molar-refractivity contribution is 0.103. The molecule has 0 aliphatic rings. The van der Waals surface area contributed by atoms with E-state index < -0.39 is 17.4 Å². The summed E-state index contributed by atoms with van der Waals surface area (Å²) in [6, 6.07) is 2.63. The van der Waals surface area contributed by atoms with Gasteiger partial charge in [-0.3, -0.25) is 4.79 Å². The molecule has 0 aliphatic heterocycles. The molecule has 0 bridgehead atoms. The van der Waals surface area contributed by atoms with E-state index in [0.29, 0.717) is 6.07 Å². The van der Waals surface area contributed by atoms with Crippen molar-refractivity contribution in [2.45, 2.75) is 0 Å². The highest BCUT2D eigenvalue weighted by Crippen LogP contribution is 2.12. The molecule has 1 heterocycles. The monoisotopic (exact) mass is 226 g/mol. The average molecular weight is 226 g/mol. The average Bonchev–Trinajstić information content (AvgIpc) is 2.67. The second kappa shape index (κ2) is 3.82. The molecule has 0 spiro atoms. The van der Waals surface area contributed by atoms with Crippen molar-refractivity contribution >= 4 is 17.5 Å². The molecule has 0 fully saturated rings. The van der Waals surface area contributed by atoms with Gasteiger partial charge in [0.2, 0.25) is 5.78 Å². The van der Waals surface area contributed by atoms with E-state index in [-0.39, 0.29) is 11.3 Å². The van der Waals surface area contributed by atoms with Crippen LogP contribution < -0.4 is 0 Å². The summed E-state index contributed by atoms with van der Waals surface area (Å²) in [7, 11) is 0. The van der Waals surface area contributed by atoms with Crippen LogP contribution in [-0.2, 0) is 0 Å². The van der Waals surface area contributed by atoms with Crippen molar-refractivity contribution in [2.75, 3.05) is 0 Å². The van der Waals surface area contributed by atoms with Crippen molar-refractivity contribution in [3.8, 4) is 0 Å². The summed E-state index contributed by atoms with van der Waals surface area (Å²) in [4.78, 5) is 11.6. The summed E-state index contributed by atoms with van der Waals surface area (Å²) in [5, 5.41) is 0. The Balaban J connectivity index is 2.42. The molecule has 0 unspecified atom stereocenters. The van der Waals surface area contributed by atoms with Gasteiger partial charge in [-0.25, -0.2) is 8.78 Å². The Morgan fingerprint density at radius 3 is 2.40 bits per heavy atom. The van der Waals surface area contributed by atoms with Crippen LogP contribution in [0.3, 0.4) is 0 Å². The maximum absolute atomic E-state index is 12.8. The van der Waals surface area contributed by atoms with E-state index >= 15 is 0 Å². The minimum absolute atomic E-state index is 0.0693. The minimum atomic E-state index is -0.790. The Hall–Kier alpha value is -1.69. The van der Waals surface area contributed by atoms with E-state index in [1.165, 1.54) is 6.20 Å². The number of carbonyl (C=O) groups is 1. The van der Waals surface area contributed by atoms with Gasteiger partial charge in [-0.2, -0.15) is 8.75 Å². The SMILES string of the molecule is O=C(c1cc(F)cc(F)c1)c1cnsn1. The molecule has 2 aromatic rings. The van der Waals surface area contributed by atoms with Crippen LogP contribution in [0.5, 0.6) is 0 Å². The molecule has 0 saturated heterocycles. The number of rotatable bonds is 2. The predicted molar refractivity (Wildman–Crippen MR) is 49.7 cm³/mol. The lowest BCUT2D eigenvalue weighted by Gasteiger charge is -1.97. The van der Waals surface area contributed by atoms with Crippen molar-refractivity contribution in [2.24, 2.45) is 0 Å². The molecule has 0 radical (unpaired) electrons. The first-order valence-electron chi connectivity index (χ1n) is 3.95. The Kier molecular flexibility index (Phi) is 2.51. The van der Waals surface area contributed by atoms with Gasteiger partial charge in [0.15, 0.2) is 0 Å². The second-order valence-corrected chi connectivity index (χ2v) is 3.34. The highest BCUT2D eigenvalue weighted by Gasteiger charge is 2.13. The highest BCUT2D eigenvalue weighted by atomic mass is 32.1. The van der Waals surface area contributed by atoms with E-state index in [1.807, 2.05) is 0 Å². The smallest absolute Gasteiger partial charge is 0.214 e. The molecular formula is C9H4F2N2OS. The summed E-state index contributed by atoms with van der Waals surface area (Å²) >= 11 is 0.863. The zero-order valence-corrected chi connectivity index (χ0v) is 8.09. The van der Waals surface area contributed by atoms with Crippen LogP contribution in [0, 0.1) is 11.6 Å². The number of halogens is 2. The first kappa shape index (κ1) is 9.85. The quantitative estimate of drug-likeness (QED) is 0.736.